The van der Waals surface area contributed by atoms with Crippen molar-refractivity contribution >= 4 is 17.3 Å². The SMILES string of the molecule is CC(C)(C)Nc1ncnc(N)c1C(=N)c1cccc(O)c1. The first kappa shape index (κ1) is 14.8. The van der Waals surface area contributed by atoms with Crippen molar-refractivity contribution < 1.29 is 5.11 Å². The number of aromatic nitrogens is 2. The van der Waals surface area contributed by atoms with E-state index in [4.69, 9.17) is 11.1 Å². The maximum Gasteiger partial charge on any atom is 0.141 e. The summed E-state index contributed by atoms with van der Waals surface area (Å²) in [6, 6.07) is 6.47. The molecule has 1 aromatic carbocycles. The van der Waals surface area contributed by atoms with Crippen LogP contribution in [0.25, 0.3) is 0 Å². The van der Waals surface area contributed by atoms with Crippen molar-refractivity contribution in [2.45, 2.75) is 26.3 Å². The minimum absolute atomic E-state index is 0.0954. The molecule has 0 aliphatic heterocycles. The number of hydrogen-bond acceptors (Lipinski definition) is 6. The summed E-state index contributed by atoms with van der Waals surface area (Å²) in [6.07, 6.45) is 1.36. The van der Waals surface area contributed by atoms with E-state index in [1.54, 1.807) is 18.2 Å². The Morgan fingerprint density at radius 2 is 2.00 bits per heavy atom. The van der Waals surface area contributed by atoms with Gasteiger partial charge in [-0.05, 0) is 32.9 Å². The Balaban J connectivity index is 2.50. The summed E-state index contributed by atoms with van der Waals surface area (Å²) in [5, 5.41) is 21.1. The number of benzene rings is 1. The van der Waals surface area contributed by atoms with Crippen LogP contribution in [-0.2, 0) is 0 Å². The van der Waals surface area contributed by atoms with Gasteiger partial charge in [-0.25, -0.2) is 9.97 Å². The molecule has 0 aliphatic carbocycles. The molecule has 1 heterocycles. The van der Waals surface area contributed by atoms with Crippen LogP contribution >= 0.6 is 0 Å². The average molecular weight is 285 g/mol. The Hall–Kier alpha value is -2.63. The first-order valence-corrected chi connectivity index (χ1v) is 6.55. The lowest BCUT2D eigenvalue weighted by molar-refractivity contribution is 0.475. The Labute approximate surface area is 123 Å². The fourth-order valence-electron chi connectivity index (χ4n) is 1.90. The molecule has 2 aromatic rings. The normalized spacial score (nSPS) is 11.2. The fourth-order valence-corrected chi connectivity index (χ4v) is 1.90. The summed E-state index contributed by atoms with van der Waals surface area (Å²) in [5.74, 6) is 0.825. The molecule has 0 amide bonds. The Morgan fingerprint density at radius 3 is 2.62 bits per heavy atom. The lowest BCUT2D eigenvalue weighted by Crippen LogP contribution is -2.28. The van der Waals surface area contributed by atoms with Gasteiger partial charge in [0.25, 0.3) is 0 Å². The van der Waals surface area contributed by atoms with Crippen LogP contribution in [0.2, 0.25) is 0 Å². The van der Waals surface area contributed by atoms with Gasteiger partial charge in [0.05, 0.1) is 11.3 Å². The minimum Gasteiger partial charge on any atom is -0.508 e. The molecule has 0 fully saturated rings. The molecule has 21 heavy (non-hydrogen) atoms. The molecular weight excluding hydrogens is 266 g/mol. The molecule has 6 heteroatoms. The number of anilines is 2. The van der Waals surface area contributed by atoms with Crippen molar-refractivity contribution in [3.8, 4) is 5.75 Å². The van der Waals surface area contributed by atoms with Crippen molar-refractivity contribution in [2.75, 3.05) is 11.1 Å². The number of hydrogen-bond donors (Lipinski definition) is 4. The third-order valence-corrected chi connectivity index (χ3v) is 2.75. The van der Waals surface area contributed by atoms with Gasteiger partial charge in [-0.15, -0.1) is 0 Å². The third-order valence-electron chi connectivity index (χ3n) is 2.75. The van der Waals surface area contributed by atoms with E-state index in [1.807, 2.05) is 20.8 Å². The van der Waals surface area contributed by atoms with E-state index in [0.717, 1.165) is 0 Å². The van der Waals surface area contributed by atoms with Gasteiger partial charge >= 0.3 is 0 Å². The first-order valence-electron chi connectivity index (χ1n) is 6.55. The van der Waals surface area contributed by atoms with Gasteiger partial charge < -0.3 is 16.2 Å². The topological polar surface area (TPSA) is 108 Å². The summed E-state index contributed by atoms with van der Waals surface area (Å²) in [6.45, 7) is 5.98. The molecule has 1 aromatic heterocycles. The van der Waals surface area contributed by atoms with Crippen molar-refractivity contribution in [3.05, 3.63) is 41.7 Å². The minimum atomic E-state index is -0.228. The number of phenols is 1. The summed E-state index contributed by atoms with van der Waals surface area (Å²) < 4.78 is 0. The predicted octanol–water partition coefficient (Wildman–Crippen LogP) is 2.39. The van der Waals surface area contributed by atoms with Crippen molar-refractivity contribution in [2.24, 2.45) is 0 Å². The van der Waals surface area contributed by atoms with Crippen LogP contribution < -0.4 is 11.1 Å². The molecule has 0 saturated carbocycles. The van der Waals surface area contributed by atoms with Crippen LogP contribution in [0.1, 0.15) is 31.9 Å². The van der Waals surface area contributed by atoms with Crippen LogP contribution in [0.5, 0.6) is 5.75 Å². The number of nitrogens with two attached hydrogens (primary N) is 1. The van der Waals surface area contributed by atoms with E-state index in [0.29, 0.717) is 16.9 Å². The highest BCUT2D eigenvalue weighted by molar-refractivity contribution is 6.16. The largest absolute Gasteiger partial charge is 0.508 e. The van der Waals surface area contributed by atoms with Crippen LogP contribution in [-0.4, -0.2) is 26.3 Å². The number of aromatic hydroxyl groups is 1. The van der Waals surface area contributed by atoms with Crippen LogP contribution in [0.15, 0.2) is 30.6 Å². The summed E-state index contributed by atoms with van der Waals surface area (Å²) in [7, 11) is 0. The molecule has 0 unspecified atom stereocenters. The van der Waals surface area contributed by atoms with Crippen LogP contribution in [0, 0.1) is 5.41 Å². The monoisotopic (exact) mass is 285 g/mol. The zero-order valence-corrected chi connectivity index (χ0v) is 12.3. The van der Waals surface area contributed by atoms with Gasteiger partial charge in [0.1, 0.15) is 23.7 Å². The number of phenolic OH excluding ortho intramolecular Hbond substituents is 1. The highest BCUT2D eigenvalue weighted by Crippen LogP contribution is 2.25. The smallest absolute Gasteiger partial charge is 0.141 e. The molecule has 110 valence electrons. The summed E-state index contributed by atoms with van der Waals surface area (Å²) in [5.41, 5.74) is 6.84. The molecule has 0 spiro atoms. The number of rotatable bonds is 3. The molecule has 0 radical (unpaired) electrons. The van der Waals surface area contributed by atoms with Gasteiger partial charge in [0.2, 0.25) is 0 Å². The predicted molar refractivity (Wildman–Crippen MR) is 83.9 cm³/mol. The lowest BCUT2D eigenvalue weighted by atomic mass is 10.0. The van der Waals surface area contributed by atoms with Crippen LogP contribution in [0.3, 0.4) is 0 Å². The van der Waals surface area contributed by atoms with Crippen molar-refractivity contribution in [1.82, 2.24) is 9.97 Å². The van der Waals surface area contributed by atoms with Crippen LogP contribution in [0.4, 0.5) is 11.6 Å². The van der Waals surface area contributed by atoms with Gasteiger partial charge in [-0.1, -0.05) is 12.1 Å². The van der Waals surface area contributed by atoms with E-state index in [9.17, 15) is 5.11 Å². The zero-order chi connectivity index (χ0) is 15.6. The molecule has 0 atom stereocenters. The Kier molecular flexibility index (Phi) is 3.80. The third kappa shape index (κ3) is 3.47. The molecule has 5 N–H and O–H groups in total. The second-order valence-corrected chi connectivity index (χ2v) is 5.78. The Morgan fingerprint density at radius 1 is 1.29 bits per heavy atom. The molecule has 6 nitrogen and oxygen atoms in total. The summed E-state index contributed by atoms with van der Waals surface area (Å²) in [4.78, 5) is 8.15. The maximum absolute atomic E-state index is 9.56. The number of nitrogens with zero attached hydrogens (tertiary/aromatic N) is 2. The molecule has 0 bridgehead atoms. The average Bonchev–Trinajstić information content (AvgIpc) is 2.36. The fraction of sp³-hybridized carbons (Fsp3) is 0.267. The van der Waals surface area contributed by atoms with Crippen molar-refractivity contribution in [3.63, 3.8) is 0 Å². The van der Waals surface area contributed by atoms with Crippen molar-refractivity contribution in [1.29, 1.82) is 5.41 Å². The van der Waals surface area contributed by atoms with E-state index in [2.05, 4.69) is 15.3 Å². The lowest BCUT2D eigenvalue weighted by Gasteiger charge is -2.23. The number of nitrogen functional groups attached to an aromatic ring is 1. The van der Waals surface area contributed by atoms with E-state index >= 15 is 0 Å². The Bertz CT molecular complexity index is 676. The maximum atomic E-state index is 9.56. The van der Waals surface area contributed by atoms with E-state index < -0.39 is 0 Å². The first-order chi connectivity index (χ1) is 9.78. The standard InChI is InChI=1S/C15H19N5O/c1-15(2,3)20-14-11(13(17)18-8-19-14)12(16)9-5-4-6-10(21)7-9/h4-8,16,21H,1-3H3,(H3,17,18,19,20). The zero-order valence-electron chi connectivity index (χ0n) is 12.3. The second-order valence-electron chi connectivity index (χ2n) is 5.78. The molecule has 0 saturated heterocycles. The highest BCUT2D eigenvalue weighted by atomic mass is 16.3. The molecule has 0 aliphatic rings. The summed E-state index contributed by atoms with van der Waals surface area (Å²) >= 11 is 0. The van der Waals surface area contributed by atoms with Gasteiger partial charge in [-0.2, -0.15) is 0 Å². The molecular formula is C15H19N5O. The van der Waals surface area contributed by atoms with E-state index in [1.165, 1.54) is 12.4 Å². The molecule has 2 rings (SSSR count). The highest BCUT2D eigenvalue weighted by Gasteiger charge is 2.20. The van der Waals surface area contributed by atoms with E-state index in [-0.39, 0.29) is 22.8 Å². The van der Waals surface area contributed by atoms with Gasteiger partial charge in [-0.3, -0.25) is 5.41 Å². The second kappa shape index (κ2) is 5.40. The number of nitrogens with one attached hydrogen (secondary N) is 2. The van der Waals surface area contributed by atoms with Gasteiger partial charge in [0, 0.05) is 11.1 Å². The quantitative estimate of drug-likeness (QED) is 0.648. The van der Waals surface area contributed by atoms with Gasteiger partial charge in [0.15, 0.2) is 0 Å².